The van der Waals surface area contributed by atoms with E-state index in [0.717, 1.165) is 38.5 Å². The van der Waals surface area contributed by atoms with Crippen molar-refractivity contribution >= 4 is 0 Å². The molecule has 0 spiro atoms. The summed E-state index contributed by atoms with van der Waals surface area (Å²) in [6, 6.07) is 0.611. The molecule has 0 radical (unpaired) electrons. The summed E-state index contributed by atoms with van der Waals surface area (Å²) in [4.78, 5) is 2.37. The molecular formula is C13H27NO2. The van der Waals surface area contributed by atoms with Gasteiger partial charge in [0.2, 0.25) is 0 Å². The smallest absolute Gasteiger partial charge is 0.0900 e. The molecule has 0 aromatic heterocycles. The summed E-state index contributed by atoms with van der Waals surface area (Å²) >= 11 is 0. The van der Waals surface area contributed by atoms with Crippen LogP contribution in [0.15, 0.2) is 0 Å². The molecule has 0 bridgehead atoms. The van der Waals surface area contributed by atoms with Crippen molar-refractivity contribution in [2.24, 2.45) is 5.92 Å². The second-order valence-electron chi connectivity index (χ2n) is 5.23. The molecule has 0 aromatic rings. The molecule has 0 saturated carbocycles. The second-order valence-corrected chi connectivity index (χ2v) is 5.23. The van der Waals surface area contributed by atoms with Crippen molar-refractivity contribution in [3.8, 4) is 0 Å². The maximum Gasteiger partial charge on any atom is 0.0900 e. The van der Waals surface area contributed by atoms with Crippen LogP contribution in [0.3, 0.4) is 0 Å². The Morgan fingerprint density at radius 1 is 1.44 bits per heavy atom. The van der Waals surface area contributed by atoms with E-state index in [1.807, 2.05) is 0 Å². The van der Waals surface area contributed by atoms with Crippen LogP contribution in [-0.2, 0) is 4.74 Å². The van der Waals surface area contributed by atoms with Crippen molar-refractivity contribution in [2.45, 2.75) is 52.2 Å². The Balaban J connectivity index is 2.11. The molecule has 3 heteroatoms. The third kappa shape index (κ3) is 4.81. The Hall–Kier alpha value is -0.120. The average Bonchev–Trinajstić information content (AvgIpc) is 2.52. The minimum Gasteiger partial charge on any atom is -0.389 e. The van der Waals surface area contributed by atoms with Crippen LogP contribution >= 0.6 is 0 Å². The van der Waals surface area contributed by atoms with Crippen LogP contribution in [0.1, 0.15) is 40.0 Å². The zero-order valence-corrected chi connectivity index (χ0v) is 11.0. The number of hydrogen-bond donors (Lipinski definition) is 1. The normalized spacial score (nSPS) is 28.5. The van der Waals surface area contributed by atoms with Gasteiger partial charge in [-0.05, 0) is 25.7 Å². The molecule has 1 rings (SSSR count). The zero-order chi connectivity index (χ0) is 12.0. The highest BCUT2D eigenvalue weighted by Crippen LogP contribution is 2.22. The topological polar surface area (TPSA) is 32.7 Å². The standard InChI is InChI=1S/C13H27NO2/c1-4-5-6-16-10-13(15)9-14-8-11(2)7-12(14)3/h11-13,15H,4-10H2,1-3H3. The summed E-state index contributed by atoms with van der Waals surface area (Å²) in [5, 5.41) is 9.85. The predicted octanol–water partition coefficient (Wildman–Crippen LogP) is 1.89. The monoisotopic (exact) mass is 229 g/mol. The maximum atomic E-state index is 9.85. The lowest BCUT2D eigenvalue weighted by Crippen LogP contribution is -2.37. The van der Waals surface area contributed by atoms with Gasteiger partial charge in [-0.2, -0.15) is 0 Å². The Labute approximate surface area is 99.8 Å². The predicted molar refractivity (Wildman–Crippen MR) is 66.5 cm³/mol. The molecule has 3 unspecified atom stereocenters. The van der Waals surface area contributed by atoms with Gasteiger partial charge in [0.15, 0.2) is 0 Å². The number of nitrogens with zero attached hydrogens (tertiary/aromatic N) is 1. The van der Waals surface area contributed by atoms with E-state index in [4.69, 9.17) is 4.74 Å². The summed E-state index contributed by atoms with van der Waals surface area (Å²) in [5.74, 6) is 0.767. The summed E-state index contributed by atoms with van der Waals surface area (Å²) < 4.78 is 5.43. The van der Waals surface area contributed by atoms with Gasteiger partial charge in [-0.3, -0.25) is 4.90 Å². The lowest BCUT2D eigenvalue weighted by molar-refractivity contribution is 0.0144. The van der Waals surface area contributed by atoms with Gasteiger partial charge in [-0.15, -0.1) is 0 Å². The Morgan fingerprint density at radius 3 is 2.75 bits per heavy atom. The van der Waals surface area contributed by atoms with Gasteiger partial charge in [-0.1, -0.05) is 20.3 Å². The Bertz CT molecular complexity index is 187. The largest absolute Gasteiger partial charge is 0.389 e. The second kappa shape index (κ2) is 7.25. The van der Waals surface area contributed by atoms with E-state index >= 15 is 0 Å². The molecule has 0 amide bonds. The molecule has 0 aromatic carbocycles. The molecule has 1 fully saturated rings. The number of aliphatic hydroxyl groups excluding tert-OH is 1. The van der Waals surface area contributed by atoms with Gasteiger partial charge in [0, 0.05) is 25.7 Å². The van der Waals surface area contributed by atoms with Crippen molar-refractivity contribution in [1.82, 2.24) is 4.90 Å². The fraction of sp³-hybridized carbons (Fsp3) is 1.00. The van der Waals surface area contributed by atoms with Crippen LogP contribution in [0.4, 0.5) is 0 Å². The number of rotatable bonds is 7. The van der Waals surface area contributed by atoms with Crippen LogP contribution in [0.25, 0.3) is 0 Å². The van der Waals surface area contributed by atoms with Gasteiger partial charge in [0.05, 0.1) is 12.7 Å². The van der Waals surface area contributed by atoms with Crippen molar-refractivity contribution < 1.29 is 9.84 Å². The molecule has 3 nitrogen and oxygen atoms in total. The van der Waals surface area contributed by atoms with Crippen molar-refractivity contribution in [2.75, 3.05) is 26.3 Å². The molecular weight excluding hydrogens is 202 g/mol. The Morgan fingerprint density at radius 2 is 2.19 bits per heavy atom. The van der Waals surface area contributed by atoms with Gasteiger partial charge in [0.1, 0.15) is 0 Å². The van der Waals surface area contributed by atoms with Crippen LogP contribution in [0, 0.1) is 5.92 Å². The number of likely N-dealkylation sites (tertiary alicyclic amines) is 1. The van der Waals surface area contributed by atoms with Gasteiger partial charge >= 0.3 is 0 Å². The van der Waals surface area contributed by atoms with Crippen molar-refractivity contribution in [1.29, 1.82) is 0 Å². The number of hydrogen-bond acceptors (Lipinski definition) is 3. The highest BCUT2D eigenvalue weighted by atomic mass is 16.5. The van der Waals surface area contributed by atoms with Gasteiger partial charge in [-0.25, -0.2) is 0 Å². The first kappa shape index (κ1) is 13.9. The van der Waals surface area contributed by atoms with Crippen molar-refractivity contribution in [3.63, 3.8) is 0 Å². The van der Waals surface area contributed by atoms with Crippen LogP contribution in [0.5, 0.6) is 0 Å². The average molecular weight is 229 g/mol. The maximum absolute atomic E-state index is 9.85. The summed E-state index contributed by atoms with van der Waals surface area (Å²) in [7, 11) is 0. The first-order chi connectivity index (χ1) is 7.63. The fourth-order valence-electron chi connectivity index (χ4n) is 2.43. The van der Waals surface area contributed by atoms with Crippen LogP contribution < -0.4 is 0 Å². The molecule has 3 atom stereocenters. The fourth-order valence-corrected chi connectivity index (χ4v) is 2.43. The van der Waals surface area contributed by atoms with Gasteiger partial charge in [0.25, 0.3) is 0 Å². The Kier molecular flexibility index (Phi) is 6.32. The third-order valence-electron chi connectivity index (χ3n) is 3.31. The number of ether oxygens (including phenoxy) is 1. The van der Waals surface area contributed by atoms with E-state index in [0.29, 0.717) is 12.6 Å². The van der Waals surface area contributed by atoms with E-state index in [9.17, 15) is 5.11 Å². The molecule has 1 aliphatic rings. The molecule has 1 aliphatic heterocycles. The SMILES string of the molecule is CCCCOCC(O)CN1CC(C)CC1C. The first-order valence-corrected chi connectivity index (χ1v) is 6.63. The highest BCUT2D eigenvalue weighted by Gasteiger charge is 2.27. The summed E-state index contributed by atoms with van der Waals surface area (Å²) in [5.41, 5.74) is 0. The molecule has 96 valence electrons. The summed E-state index contributed by atoms with van der Waals surface area (Å²) in [6.45, 7) is 9.81. The first-order valence-electron chi connectivity index (χ1n) is 6.63. The van der Waals surface area contributed by atoms with E-state index in [1.54, 1.807) is 0 Å². The van der Waals surface area contributed by atoms with Crippen LogP contribution in [-0.4, -0.2) is 48.5 Å². The van der Waals surface area contributed by atoms with E-state index in [2.05, 4.69) is 25.7 Å². The van der Waals surface area contributed by atoms with E-state index in [1.165, 1.54) is 6.42 Å². The third-order valence-corrected chi connectivity index (χ3v) is 3.31. The van der Waals surface area contributed by atoms with Gasteiger partial charge < -0.3 is 9.84 Å². The minimum atomic E-state index is -0.329. The lowest BCUT2D eigenvalue weighted by Gasteiger charge is -2.24. The number of β-amino-alcohol motifs (C(OH)–C–C–N with tert-alkyl or cyclic N) is 1. The number of unbranched alkanes of at least 4 members (excludes halogenated alkanes) is 1. The zero-order valence-electron chi connectivity index (χ0n) is 11.0. The molecule has 1 heterocycles. The molecule has 16 heavy (non-hydrogen) atoms. The molecule has 1 N–H and O–H groups in total. The lowest BCUT2D eigenvalue weighted by atomic mass is 10.1. The number of aliphatic hydroxyl groups is 1. The molecule has 1 saturated heterocycles. The minimum absolute atomic E-state index is 0.329. The van der Waals surface area contributed by atoms with Crippen LogP contribution in [0.2, 0.25) is 0 Å². The van der Waals surface area contributed by atoms with E-state index < -0.39 is 0 Å². The highest BCUT2D eigenvalue weighted by molar-refractivity contribution is 4.81. The quantitative estimate of drug-likeness (QED) is 0.677. The molecule has 0 aliphatic carbocycles. The van der Waals surface area contributed by atoms with Crippen molar-refractivity contribution in [3.05, 3.63) is 0 Å². The van der Waals surface area contributed by atoms with E-state index in [-0.39, 0.29) is 6.10 Å². The summed E-state index contributed by atoms with van der Waals surface area (Å²) in [6.07, 6.45) is 3.16.